The van der Waals surface area contributed by atoms with Crippen molar-refractivity contribution in [1.29, 1.82) is 0 Å². The van der Waals surface area contributed by atoms with Crippen LogP contribution >= 0.6 is 11.8 Å². The van der Waals surface area contributed by atoms with Crippen LogP contribution in [0.3, 0.4) is 0 Å². The normalized spacial score (nSPS) is 14.8. The van der Waals surface area contributed by atoms with Crippen LogP contribution in [0.2, 0.25) is 0 Å². The molecule has 0 aromatic heterocycles. The number of halogens is 1. The van der Waals surface area contributed by atoms with Gasteiger partial charge in [0.05, 0.1) is 6.10 Å². The van der Waals surface area contributed by atoms with E-state index >= 15 is 0 Å². The van der Waals surface area contributed by atoms with Crippen molar-refractivity contribution in [3.63, 3.8) is 0 Å². The van der Waals surface area contributed by atoms with Crippen molar-refractivity contribution in [2.45, 2.75) is 36.5 Å². The van der Waals surface area contributed by atoms with Crippen LogP contribution in [-0.2, 0) is 0 Å². The molecule has 2 nitrogen and oxygen atoms in total. The minimum absolute atomic E-state index is 0.113. The number of thioether (sulfide) groups is 1. The molecule has 0 amide bonds. The Hall–Kier alpha value is -0.580. The summed E-state index contributed by atoms with van der Waals surface area (Å²) in [6, 6.07) is 4.76. The molecule has 1 rings (SSSR count). The summed E-state index contributed by atoms with van der Waals surface area (Å²) >= 11 is 1.40. The minimum Gasteiger partial charge on any atom is -0.396 e. The Balaban J connectivity index is 2.75. The van der Waals surface area contributed by atoms with E-state index in [4.69, 9.17) is 5.11 Å². The van der Waals surface area contributed by atoms with E-state index in [1.165, 1.54) is 17.8 Å². The molecule has 0 heterocycles. The SMILES string of the molecule is CC(CCO)Sc1ccc(C(C)O)cc1F. The summed E-state index contributed by atoms with van der Waals surface area (Å²) in [6.07, 6.45) is -0.00848. The van der Waals surface area contributed by atoms with Crippen molar-refractivity contribution in [2.75, 3.05) is 6.61 Å². The lowest BCUT2D eigenvalue weighted by Crippen LogP contribution is -2.00. The molecule has 0 bridgehead atoms. The topological polar surface area (TPSA) is 40.5 Å². The summed E-state index contributed by atoms with van der Waals surface area (Å²) in [5.41, 5.74) is 0.580. The van der Waals surface area contributed by atoms with E-state index in [0.29, 0.717) is 16.9 Å². The fraction of sp³-hybridized carbons (Fsp3) is 0.500. The highest BCUT2D eigenvalue weighted by atomic mass is 32.2. The van der Waals surface area contributed by atoms with E-state index in [1.807, 2.05) is 6.92 Å². The highest BCUT2D eigenvalue weighted by Crippen LogP contribution is 2.29. The van der Waals surface area contributed by atoms with Crippen LogP contribution in [-0.4, -0.2) is 22.1 Å². The zero-order valence-electron chi connectivity index (χ0n) is 9.48. The molecule has 1 aromatic rings. The molecular formula is C12H17FO2S. The predicted octanol–water partition coefficient (Wildman–Crippen LogP) is 2.74. The molecule has 90 valence electrons. The van der Waals surface area contributed by atoms with Gasteiger partial charge >= 0.3 is 0 Å². The zero-order valence-corrected chi connectivity index (χ0v) is 10.3. The highest BCUT2D eigenvalue weighted by molar-refractivity contribution is 7.99. The lowest BCUT2D eigenvalue weighted by molar-refractivity contribution is 0.198. The van der Waals surface area contributed by atoms with Gasteiger partial charge in [0.25, 0.3) is 0 Å². The van der Waals surface area contributed by atoms with E-state index in [1.54, 1.807) is 19.1 Å². The summed E-state index contributed by atoms with van der Waals surface area (Å²) in [7, 11) is 0. The van der Waals surface area contributed by atoms with E-state index < -0.39 is 6.10 Å². The van der Waals surface area contributed by atoms with Crippen LogP contribution in [0.5, 0.6) is 0 Å². The molecule has 0 aliphatic carbocycles. The van der Waals surface area contributed by atoms with Gasteiger partial charge in [-0.15, -0.1) is 11.8 Å². The summed E-state index contributed by atoms with van der Waals surface area (Å²) in [4.78, 5) is 0.561. The zero-order chi connectivity index (χ0) is 12.1. The number of aliphatic hydroxyl groups excluding tert-OH is 2. The van der Waals surface area contributed by atoms with Gasteiger partial charge in [-0.25, -0.2) is 4.39 Å². The van der Waals surface area contributed by atoms with Gasteiger partial charge in [0, 0.05) is 16.8 Å². The molecule has 0 spiro atoms. The molecule has 16 heavy (non-hydrogen) atoms. The maximum Gasteiger partial charge on any atom is 0.137 e. The lowest BCUT2D eigenvalue weighted by Gasteiger charge is -2.11. The molecule has 4 heteroatoms. The molecule has 0 saturated heterocycles. The maximum absolute atomic E-state index is 13.6. The first-order valence-corrected chi connectivity index (χ1v) is 6.17. The quantitative estimate of drug-likeness (QED) is 0.782. The van der Waals surface area contributed by atoms with Gasteiger partial charge < -0.3 is 10.2 Å². The third kappa shape index (κ3) is 3.77. The Labute approximate surface area is 99.5 Å². The van der Waals surface area contributed by atoms with Crippen molar-refractivity contribution in [2.24, 2.45) is 0 Å². The van der Waals surface area contributed by atoms with Crippen LogP contribution in [0.4, 0.5) is 4.39 Å². The Morgan fingerprint density at radius 3 is 2.56 bits per heavy atom. The molecule has 0 aliphatic heterocycles. The average Bonchev–Trinajstić information content (AvgIpc) is 2.21. The standard InChI is InChI=1S/C12H17FO2S/c1-8(5-6-14)16-12-4-3-10(9(2)15)7-11(12)13/h3-4,7-9,14-15H,5-6H2,1-2H3. The van der Waals surface area contributed by atoms with Crippen molar-refractivity contribution in [3.8, 4) is 0 Å². The second kappa shape index (κ2) is 6.23. The van der Waals surface area contributed by atoms with Crippen LogP contribution in [0, 0.1) is 5.82 Å². The molecule has 2 atom stereocenters. The van der Waals surface area contributed by atoms with Gasteiger partial charge in [0.2, 0.25) is 0 Å². The largest absolute Gasteiger partial charge is 0.396 e. The third-order valence-corrected chi connectivity index (χ3v) is 3.53. The smallest absolute Gasteiger partial charge is 0.137 e. The first kappa shape index (κ1) is 13.5. The van der Waals surface area contributed by atoms with Gasteiger partial charge in [-0.2, -0.15) is 0 Å². The second-order valence-electron chi connectivity index (χ2n) is 3.81. The fourth-order valence-electron chi connectivity index (χ4n) is 1.33. The van der Waals surface area contributed by atoms with Crippen LogP contribution in [0.1, 0.15) is 31.9 Å². The summed E-state index contributed by atoms with van der Waals surface area (Å²) in [6.45, 7) is 3.67. The highest BCUT2D eigenvalue weighted by Gasteiger charge is 2.10. The second-order valence-corrected chi connectivity index (χ2v) is 5.29. The number of hydrogen-bond donors (Lipinski definition) is 2. The summed E-state index contributed by atoms with van der Waals surface area (Å²) in [5, 5.41) is 18.2. The third-order valence-electron chi connectivity index (χ3n) is 2.30. The predicted molar refractivity (Wildman–Crippen MR) is 64.1 cm³/mol. The molecule has 0 fully saturated rings. The first-order valence-electron chi connectivity index (χ1n) is 5.29. The van der Waals surface area contributed by atoms with Crippen molar-refractivity contribution in [1.82, 2.24) is 0 Å². The van der Waals surface area contributed by atoms with Gasteiger partial charge in [0.1, 0.15) is 5.82 Å². The van der Waals surface area contributed by atoms with E-state index in [9.17, 15) is 9.50 Å². The van der Waals surface area contributed by atoms with Gasteiger partial charge in [0.15, 0.2) is 0 Å². The number of benzene rings is 1. The Morgan fingerprint density at radius 2 is 2.06 bits per heavy atom. The molecule has 0 aliphatic rings. The van der Waals surface area contributed by atoms with Crippen LogP contribution in [0.25, 0.3) is 0 Å². The number of rotatable bonds is 5. The van der Waals surface area contributed by atoms with Crippen molar-refractivity contribution >= 4 is 11.8 Å². The Morgan fingerprint density at radius 1 is 1.38 bits per heavy atom. The van der Waals surface area contributed by atoms with Gasteiger partial charge in [-0.05, 0) is 31.0 Å². The Bertz CT molecular complexity index is 342. The molecule has 0 radical (unpaired) electrons. The maximum atomic E-state index is 13.6. The van der Waals surface area contributed by atoms with Gasteiger partial charge in [-0.1, -0.05) is 13.0 Å². The fourth-order valence-corrected chi connectivity index (χ4v) is 2.30. The van der Waals surface area contributed by atoms with Crippen LogP contribution < -0.4 is 0 Å². The molecule has 2 unspecified atom stereocenters. The summed E-state index contributed by atoms with van der Waals surface area (Å²) < 4.78 is 13.6. The summed E-state index contributed by atoms with van der Waals surface area (Å²) in [5.74, 6) is -0.312. The van der Waals surface area contributed by atoms with Crippen LogP contribution in [0.15, 0.2) is 23.1 Å². The molecule has 1 aromatic carbocycles. The molecule has 2 N–H and O–H groups in total. The van der Waals surface area contributed by atoms with E-state index in [-0.39, 0.29) is 17.7 Å². The average molecular weight is 244 g/mol. The monoisotopic (exact) mass is 244 g/mol. The molecular weight excluding hydrogens is 227 g/mol. The van der Waals surface area contributed by atoms with Crippen molar-refractivity contribution < 1.29 is 14.6 Å². The van der Waals surface area contributed by atoms with E-state index in [0.717, 1.165) is 0 Å². The first-order chi connectivity index (χ1) is 7.54. The lowest BCUT2D eigenvalue weighted by atomic mass is 10.1. The minimum atomic E-state index is -0.650. The number of hydrogen-bond acceptors (Lipinski definition) is 3. The van der Waals surface area contributed by atoms with Gasteiger partial charge in [-0.3, -0.25) is 0 Å². The number of aliphatic hydroxyl groups is 2. The molecule has 0 saturated carbocycles. The van der Waals surface area contributed by atoms with E-state index in [2.05, 4.69) is 0 Å². The Kier molecular flexibility index (Phi) is 5.25. The van der Waals surface area contributed by atoms with Crippen molar-refractivity contribution in [3.05, 3.63) is 29.6 Å².